The van der Waals surface area contributed by atoms with E-state index in [4.69, 9.17) is 4.52 Å². The Morgan fingerprint density at radius 3 is 2.63 bits per heavy atom. The van der Waals surface area contributed by atoms with Crippen LogP contribution in [-0.4, -0.2) is 23.4 Å². The van der Waals surface area contributed by atoms with Crippen molar-refractivity contribution in [2.75, 3.05) is 4.72 Å². The average Bonchev–Trinajstić information content (AvgIpc) is 2.85. The second-order valence-electron chi connectivity index (χ2n) is 4.33. The first-order valence-electron chi connectivity index (χ1n) is 5.48. The molecule has 2 aromatic rings. The molecule has 19 heavy (non-hydrogen) atoms. The molecular weight excluding hydrogens is 336 g/mol. The number of sulfonamides is 1. The molecule has 104 valence electrons. The van der Waals surface area contributed by atoms with E-state index in [1.54, 1.807) is 13.1 Å². The minimum absolute atomic E-state index is 0.0455. The van der Waals surface area contributed by atoms with E-state index in [1.165, 1.54) is 10.9 Å². The maximum Gasteiger partial charge on any atom is 0.267 e. The zero-order valence-electron chi connectivity index (χ0n) is 10.6. The lowest BCUT2D eigenvalue weighted by molar-refractivity contribution is 0.373. The lowest BCUT2D eigenvalue weighted by Gasteiger charge is -2.01. The van der Waals surface area contributed by atoms with Crippen molar-refractivity contribution >= 4 is 31.8 Å². The van der Waals surface area contributed by atoms with Crippen molar-refractivity contribution in [3.63, 3.8) is 0 Å². The summed E-state index contributed by atoms with van der Waals surface area (Å²) in [6.07, 6.45) is 1.40. The molecule has 1 N–H and O–H groups in total. The monoisotopic (exact) mass is 348 g/mol. The smallest absolute Gasteiger partial charge is 0.267 e. The molecule has 0 aliphatic carbocycles. The molecule has 2 aromatic heterocycles. The third-order valence-corrected chi connectivity index (χ3v) is 4.58. The molecule has 7 nitrogen and oxygen atoms in total. The van der Waals surface area contributed by atoms with Crippen LogP contribution in [0.25, 0.3) is 0 Å². The molecule has 0 amide bonds. The molecule has 0 radical (unpaired) electrons. The maximum absolute atomic E-state index is 12.1. The number of anilines is 1. The van der Waals surface area contributed by atoms with Crippen molar-refractivity contribution in [2.24, 2.45) is 7.05 Å². The van der Waals surface area contributed by atoms with Gasteiger partial charge in [0.05, 0.1) is 0 Å². The Morgan fingerprint density at radius 1 is 1.47 bits per heavy atom. The fraction of sp³-hybridized carbons (Fsp3) is 0.400. The Hall–Kier alpha value is -1.35. The molecule has 0 spiro atoms. The van der Waals surface area contributed by atoms with E-state index in [2.05, 4.69) is 30.9 Å². The first kappa shape index (κ1) is 14.1. The van der Waals surface area contributed by atoms with Crippen LogP contribution in [0.4, 0.5) is 5.82 Å². The van der Waals surface area contributed by atoms with E-state index in [9.17, 15) is 8.42 Å². The largest absolute Gasteiger partial charge is 0.359 e. The van der Waals surface area contributed by atoms with Crippen LogP contribution < -0.4 is 4.72 Å². The molecule has 2 rings (SSSR count). The highest BCUT2D eigenvalue weighted by Crippen LogP contribution is 2.24. The summed E-state index contributed by atoms with van der Waals surface area (Å²) < 4.78 is 33.3. The van der Waals surface area contributed by atoms with Gasteiger partial charge >= 0.3 is 0 Å². The van der Waals surface area contributed by atoms with E-state index in [0.717, 1.165) is 0 Å². The van der Waals surface area contributed by atoms with E-state index in [1.807, 2.05) is 13.8 Å². The van der Waals surface area contributed by atoms with Crippen LogP contribution in [0, 0.1) is 0 Å². The van der Waals surface area contributed by atoms with Crippen LogP contribution >= 0.6 is 15.9 Å². The van der Waals surface area contributed by atoms with E-state index in [-0.39, 0.29) is 21.2 Å². The van der Waals surface area contributed by atoms with Crippen LogP contribution in [0.15, 0.2) is 26.3 Å². The highest BCUT2D eigenvalue weighted by Gasteiger charge is 2.22. The van der Waals surface area contributed by atoms with Crippen LogP contribution in [0.1, 0.15) is 25.5 Å². The number of aromatic nitrogens is 3. The molecule has 0 aliphatic rings. The lowest BCUT2D eigenvalue weighted by Crippen LogP contribution is -2.13. The summed E-state index contributed by atoms with van der Waals surface area (Å²) in [6, 6.07) is 1.56. The summed E-state index contributed by atoms with van der Waals surface area (Å²) in [4.78, 5) is 0.0455. The zero-order chi connectivity index (χ0) is 14.2. The quantitative estimate of drug-likeness (QED) is 0.913. The van der Waals surface area contributed by atoms with Crippen molar-refractivity contribution in [2.45, 2.75) is 24.7 Å². The Labute approximate surface area is 119 Å². The fourth-order valence-corrected chi connectivity index (χ4v) is 3.45. The number of nitrogens with zero attached hydrogens (tertiary/aromatic N) is 3. The summed E-state index contributed by atoms with van der Waals surface area (Å²) in [5.41, 5.74) is 0. The van der Waals surface area contributed by atoms with Crippen molar-refractivity contribution in [1.82, 2.24) is 14.9 Å². The molecule has 0 atom stereocenters. The van der Waals surface area contributed by atoms with Gasteiger partial charge in [-0.2, -0.15) is 5.10 Å². The number of hydrogen-bond acceptors (Lipinski definition) is 5. The minimum atomic E-state index is -3.74. The second-order valence-corrected chi connectivity index (χ2v) is 6.73. The predicted octanol–water partition coefficient (Wildman–Crippen LogP) is 2.09. The Kier molecular flexibility index (Phi) is 3.68. The van der Waals surface area contributed by atoms with Crippen LogP contribution in [0.2, 0.25) is 0 Å². The van der Waals surface area contributed by atoms with Crippen molar-refractivity contribution < 1.29 is 12.9 Å². The van der Waals surface area contributed by atoms with Gasteiger partial charge in [-0.3, -0.25) is 9.40 Å². The molecular formula is C10H13BrN4O3S. The van der Waals surface area contributed by atoms with Gasteiger partial charge in [0.1, 0.15) is 15.3 Å². The van der Waals surface area contributed by atoms with Gasteiger partial charge in [-0.1, -0.05) is 19.0 Å². The molecule has 0 aromatic carbocycles. The highest BCUT2D eigenvalue weighted by atomic mass is 79.9. The van der Waals surface area contributed by atoms with E-state index in [0.29, 0.717) is 5.76 Å². The number of rotatable bonds is 4. The van der Waals surface area contributed by atoms with Gasteiger partial charge in [-0.15, -0.1) is 0 Å². The molecule has 2 heterocycles. The summed E-state index contributed by atoms with van der Waals surface area (Å²) in [7, 11) is -2.10. The van der Waals surface area contributed by atoms with Gasteiger partial charge in [-0.05, 0) is 15.9 Å². The van der Waals surface area contributed by atoms with Gasteiger partial charge in [-0.25, -0.2) is 8.42 Å². The number of nitrogens with one attached hydrogen (secondary N) is 1. The molecule has 0 aliphatic heterocycles. The second kappa shape index (κ2) is 4.97. The average molecular weight is 349 g/mol. The summed E-state index contributed by atoms with van der Waals surface area (Å²) in [6.45, 7) is 3.85. The minimum Gasteiger partial charge on any atom is -0.359 e. The zero-order valence-corrected chi connectivity index (χ0v) is 13.0. The van der Waals surface area contributed by atoms with E-state index >= 15 is 0 Å². The fourth-order valence-electron chi connectivity index (χ4n) is 1.42. The standard InChI is InChI=1S/C10H13BrN4O3S/c1-6(2)7-4-9(13-18-7)14-19(16,17)8-5-15(3)12-10(8)11/h4-6H,1-3H3,(H,13,14). The molecule has 0 saturated heterocycles. The molecule has 0 saturated carbocycles. The van der Waals surface area contributed by atoms with Crippen molar-refractivity contribution in [1.29, 1.82) is 0 Å². The number of aryl methyl sites for hydroxylation is 1. The number of hydrogen-bond donors (Lipinski definition) is 1. The molecule has 0 unspecified atom stereocenters. The molecule has 0 bridgehead atoms. The Balaban J connectivity index is 2.28. The van der Waals surface area contributed by atoms with Gasteiger partial charge < -0.3 is 4.52 Å². The van der Waals surface area contributed by atoms with Gasteiger partial charge in [0.2, 0.25) is 0 Å². The lowest BCUT2D eigenvalue weighted by atomic mass is 10.2. The van der Waals surface area contributed by atoms with Gasteiger partial charge in [0.25, 0.3) is 10.0 Å². The predicted molar refractivity (Wildman–Crippen MR) is 72.3 cm³/mol. The Morgan fingerprint density at radius 2 is 2.16 bits per heavy atom. The SMILES string of the molecule is CC(C)c1cc(NS(=O)(=O)c2cn(C)nc2Br)no1. The first-order valence-corrected chi connectivity index (χ1v) is 7.76. The summed E-state index contributed by atoms with van der Waals surface area (Å²) in [5.74, 6) is 0.901. The van der Waals surface area contributed by atoms with Crippen molar-refractivity contribution in [3.05, 3.63) is 22.6 Å². The highest BCUT2D eigenvalue weighted by molar-refractivity contribution is 9.10. The summed E-state index contributed by atoms with van der Waals surface area (Å²) in [5, 5.41) is 7.60. The first-order chi connectivity index (χ1) is 8.79. The van der Waals surface area contributed by atoms with Gasteiger partial charge in [0.15, 0.2) is 5.82 Å². The van der Waals surface area contributed by atoms with E-state index < -0.39 is 10.0 Å². The van der Waals surface area contributed by atoms with Gasteiger partial charge in [0, 0.05) is 25.2 Å². The third-order valence-electron chi connectivity index (χ3n) is 2.38. The number of halogens is 1. The van der Waals surface area contributed by atoms with Crippen LogP contribution in [-0.2, 0) is 17.1 Å². The molecule has 9 heteroatoms. The normalized spacial score (nSPS) is 12.1. The van der Waals surface area contributed by atoms with Crippen molar-refractivity contribution in [3.8, 4) is 0 Å². The van der Waals surface area contributed by atoms with Crippen LogP contribution in [0.3, 0.4) is 0 Å². The van der Waals surface area contributed by atoms with Crippen LogP contribution in [0.5, 0.6) is 0 Å². The molecule has 0 fully saturated rings. The Bertz CT molecular complexity index is 689. The summed E-state index contributed by atoms with van der Waals surface area (Å²) >= 11 is 3.10. The topological polar surface area (TPSA) is 90.0 Å². The maximum atomic E-state index is 12.1. The third kappa shape index (κ3) is 2.98.